The number of hydrogen-bond acceptors (Lipinski definition) is 3. The van der Waals surface area contributed by atoms with Crippen LogP contribution in [0.2, 0.25) is 0 Å². The maximum Gasteiger partial charge on any atom is 0.252 e. The number of amides is 1. The van der Waals surface area contributed by atoms with Gasteiger partial charge in [-0.3, -0.25) is 9.78 Å². The van der Waals surface area contributed by atoms with Crippen molar-refractivity contribution in [1.29, 1.82) is 0 Å². The minimum Gasteiger partial charge on any atom is -0.384 e. The highest BCUT2D eigenvalue weighted by Crippen LogP contribution is 2.11. The van der Waals surface area contributed by atoms with Crippen molar-refractivity contribution in [1.82, 2.24) is 10.3 Å². The Hall–Kier alpha value is -2.71. The number of carbonyl (C=O) groups is 1. The molecule has 0 aliphatic carbocycles. The summed E-state index contributed by atoms with van der Waals surface area (Å²) in [6.45, 7) is -0.0137. The number of benzene rings is 1. The van der Waals surface area contributed by atoms with Crippen LogP contribution in [0, 0.1) is 17.7 Å². The molecule has 0 fully saturated rings. The highest BCUT2D eigenvalue weighted by Gasteiger charge is 2.11. The van der Waals surface area contributed by atoms with E-state index in [-0.39, 0.29) is 12.2 Å². The molecule has 21 heavy (non-hydrogen) atoms. The second-order valence-corrected chi connectivity index (χ2v) is 4.19. The molecule has 0 bridgehead atoms. The first-order valence-electron chi connectivity index (χ1n) is 6.27. The van der Waals surface area contributed by atoms with Gasteiger partial charge in [0.15, 0.2) is 0 Å². The van der Waals surface area contributed by atoms with Gasteiger partial charge >= 0.3 is 0 Å². The summed E-state index contributed by atoms with van der Waals surface area (Å²) in [7, 11) is 0. The lowest BCUT2D eigenvalue weighted by Crippen LogP contribution is -2.23. The highest BCUT2D eigenvalue weighted by molar-refractivity contribution is 5.96. The number of halogens is 1. The van der Waals surface area contributed by atoms with Crippen molar-refractivity contribution in [3.63, 3.8) is 0 Å². The van der Waals surface area contributed by atoms with E-state index in [1.807, 2.05) is 0 Å². The quantitative estimate of drug-likeness (QED) is 0.840. The Morgan fingerprint density at radius 1 is 1.29 bits per heavy atom. The highest BCUT2D eigenvalue weighted by atomic mass is 19.1. The first kappa shape index (κ1) is 14.7. The van der Waals surface area contributed by atoms with Gasteiger partial charge < -0.3 is 10.4 Å². The maximum absolute atomic E-state index is 13.3. The third-order valence-electron chi connectivity index (χ3n) is 2.73. The molecule has 1 aromatic heterocycles. The van der Waals surface area contributed by atoms with Crippen LogP contribution in [-0.2, 0) is 6.54 Å². The number of hydrogen-bond donors (Lipinski definition) is 2. The molecule has 2 N–H and O–H groups in total. The normalized spacial score (nSPS) is 9.62. The molecule has 0 radical (unpaired) electrons. The third-order valence-corrected chi connectivity index (χ3v) is 2.73. The van der Waals surface area contributed by atoms with Crippen LogP contribution in [0.5, 0.6) is 0 Å². The summed E-state index contributed by atoms with van der Waals surface area (Å²) >= 11 is 0. The summed E-state index contributed by atoms with van der Waals surface area (Å²) in [4.78, 5) is 16.0. The van der Waals surface area contributed by atoms with Crippen molar-refractivity contribution >= 4 is 5.91 Å². The van der Waals surface area contributed by atoms with Crippen LogP contribution in [0.15, 0.2) is 42.7 Å². The van der Waals surface area contributed by atoms with Crippen molar-refractivity contribution in [3.8, 4) is 11.8 Å². The summed E-state index contributed by atoms with van der Waals surface area (Å²) in [6, 6.07) is 7.32. The van der Waals surface area contributed by atoms with Gasteiger partial charge in [0, 0.05) is 24.5 Å². The van der Waals surface area contributed by atoms with Crippen molar-refractivity contribution in [2.24, 2.45) is 0 Å². The van der Waals surface area contributed by atoms with E-state index < -0.39 is 11.7 Å². The summed E-state index contributed by atoms with van der Waals surface area (Å²) < 4.78 is 13.3. The van der Waals surface area contributed by atoms with Gasteiger partial charge in [0.25, 0.3) is 5.91 Å². The lowest BCUT2D eigenvalue weighted by atomic mass is 10.1. The van der Waals surface area contributed by atoms with Gasteiger partial charge in [0.05, 0.1) is 5.56 Å². The second-order valence-electron chi connectivity index (χ2n) is 4.19. The number of aliphatic hydroxyl groups is 1. The number of nitrogens with zero attached hydrogens (tertiary/aromatic N) is 1. The van der Waals surface area contributed by atoms with E-state index in [4.69, 9.17) is 5.11 Å². The number of rotatable bonds is 3. The molecule has 4 nitrogen and oxygen atoms in total. The zero-order valence-electron chi connectivity index (χ0n) is 11.1. The molecule has 106 valence electrons. The molecule has 0 spiro atoms. The van der Waals surface area contributed by atoms with Gasteiger partial charge in [-0.25, -0.2) is 4.39 Å². The van der Waals surface area contributed by atoms with Gasteiger partial charge in [-0.05, 0) is 35.9 Å². The Kier molecular flexibility index (Phi) is 5.02. The summed E-state index contributed by atoms with van der Waals surface area (Å²) in [5.41, 5.74) is 1.40. The van der Waals surface area contributed by atoms with E-state index in [9.17, 15) is 9.18 Å². The fraction of sp³-hybridized carbons (Fsp3) is 0.125. The average molecular weight is 284 g/mol. The Balaban J connectivity index is 2.16. The largest absolute Gasteiger partial charge is 0.384 e. The SMILES string of the molecule is O=C(NCc1ccncc1)c1cc(F)ccc1C#CCO. The molecule has 2 rings (SSSR count). The van der Waals surface area contributed by atoms with Gasteiger partial charge in [0.1, 0.15) is 12.4 Å². The van der Waals surface area contributed by atoms with Crippen LogP contribution < -0.4 is 5.32 Å². The molecule has 0 atom stereocenters. The fourth-order valence-corrected chi connectivity index (χ4v) is 1.73. The summed E-state index contributed by atoms with van der Waals surface area (Å²) in [5, 5.41) is 11.4. The molecule has 1 aromatic carbocycles. The zero-order valence-corrected chi connectivity index (χ0v) is 11.1. The van der Waals surface area contributed by atoms with Gasteiger partial charge in [-0.1, -0.05) is 11.8 Å². The minimum atomic E-state index is -0.515. The molecular formula is C16H13FN2O2. The number of carbonyl (C=O) groups excluding carboxylic acids is 1. The summed E-state index contributed by atoms with van der Waals surface area (Å²) in [6.07, 6.45) is 3.25. The zero-order chi connectivity index (χ0) is 15.1. The third kappa shape index (κ3) is 4.13. The molecule has 0 saturated heterocycles. The van der Waals surface area contributed by atoms with Crippen LogP contribution in [0.1, 0.15) is 21.5 Å². The molecule has 5 heteroatoms. The molecule has 0 aliphatic heterocycles. The minimum absolute atomic E-state index is 0.144. The molecule has 2 aromatic rings. The van der Waals surface area contributed by atoms with E-state index in [1.54, 1.807) is 24.5 Å². The number of pyridine rings is 1. The van der Waals surface area contributed by atoms with E-state index >= 15 is 0 Å². The number of nitrogens with one attached hydrogen (secondary N) is 1. The van der Waals surface area contributed by atoms with Crippen molar-refractivity contribution in [3.05, 3.63) is 65.2 Å². The first-order chi connectivity index (χ1) is 10.2. The standard InChI is InChI=1S/C16H13FN2O2/c17-14-4-3-13(2-1-9-20)15(10-14)16(21)19-11-12-5-7-18-8-6-12/h3-8,10,20H,9,11H2,(H,19,21). The topological polar surface area (TPSA) is 62.2 Å². The van der Waals surface area contributed by atoms with Crippen LogP contribution in [0.4, 0.5) is 4.39 Å². The van der Waals surface area contributed by atoms with E-state index in [0.717, 1.165) is 11.6 Å². The van der Waals surface area contributed by atoms with Gasteiger partial charge in [-0.15, -0.1) is 0 Å². The van der Waals surface area contributed by atoms with Crippen molar-refractivity contribution < 1.29 is 14.3 Å². The van der Waals surface area contributed by atoms with Gasteiger partial charge in [-0.2, -0.15) is 0 Å². The number of aromatic nitrogens is 1. The smallest absolute Gasteiger partial charge is 0.252 e. The second kappa shape index (κ2) is 7.17. The Labute approximate surface area is 121 Å². The van der Waals surface area contributed by atoms with Crippen molar-refractivity contribution in [2.75, 3.05) is 6.61 Å². The first-order valence-corrected chi connectivity index (χ1v) is 6.27. The predicted molar refractivity (Wildman–Crippen MR) is 75.8 cm³/mol. The monoisotopic (exact) mass is 284 g/mol. The number of aliphatic hydroxyl groups excluding tert-OH is 1. The lowest BCUT2D eigenvalue weighted by Gasteiger charge is -2.07. The van der Waals surface area contributed by atoms with Crippen LogP contribution in [0.3, 0.4) is 0 Å². The molecule has 1 heterocycles. The van der Waals surface area contributed by atoms with E-state index in [1.165, 1.54) is 12.1 Å². The fourth-order valence-electron chi connectivity index (χ4n) is 1.73. The Bertz CT molecular complexity index is 690. The lowest BCUT2D eigenvalue weighted by molar-refractivity contribution is 0.0950. The Morgan fingerprint density at radius 2 is 2.05 bits per heavy atom. The molecule has 0 unspecified atom stereocenters. The van der Waals surface area contributed by atoms with Crippen LogP contribution >= 0.6 is 0 Å². The van der Waals surface area contributed by atoms with Crippen molar-refractivity contribution in [2.45, 2.75) is 6.54 Å². The summed E-state index contributed by atoms with van der Waals surface area (Å²) in [5.74, 6) is 4.14. The Morgan fingerprint density at radius 3 is 2.76 bits per heavy atom. The average Bonchev–Trinajstić information content (AvgIpc) is 2.52. The van der Waals surface area contributed by atoms with Crippen LogP contribution in [-0.4, -0.2) is 22.6 Å². The van der Waals surface area contributed by atoms with E-state index in [0.29, 0.717) is 12.1 Å². The maximum atomic E-state index is 13.3. The molecule has 0 aliphatic rings. The predicted octanol–water partition coefficient (Wildman–Crippen LogP) is 1.49. The molecular weight excluding hydrogens is 271 g/mol. The van der Waals surface area contributed by atoms with Crippen LogP contribution in [0.25, 0.3) is 0 Å². The molecule has 1 amide bonds. The van der Waals surface area contributed by atoms with Gasteiger partial charge in [0.2, 0.25) is 0 Å². The van der Waals surface area contributed by atoms with E-state index in [2.05, 4.69) is 22.1 Å². The molecule has 0 saturated carbocycles.